The molecule has 0 spiro atoms. The van der Waals surface area contributed by atoms with Gasteiger partial charge in [-0.3, -0.25) is 0 Å². The molecule has 1 aromatic carbocycles. The first-order chi connectivity index (χ1) is 8.40. The van der Waals surface area contributed by atoms with Crippen molar-refractivity contribution < 1.29 is 0 Å². The SMILES string of the molecule is CCNC1c2ccccc2CC1n1ccnc1. The van der Waals surface area contributed by atoms with E-state index < -0.39 is 0 Å². The predicted octanol–water partition coefficient (Wildman–Crippen LogP) is 2.33. The van der Waals surface area contributed by atoms with E-state index >= 15 is 0 Å². The first-order valence-electron chi connectivity index (χ1n) is 6.18. The van der Waals surface area contributed by atoms with Gasteiger partial charge in [-0.2, -0.15) is 0 Å². The van der Waals surface area contributed by atoms with Gasteiger partial charge in [-0.25, -0.2) is 4.98 Å². The molecule has 0 saturated carbocycles. The summed E-state index contributed by atoms with van der Waals surface area (Å²) in [5.41, 5.74) is 2.89. The molecule has 2 aromatic rings. The smallest absolute Gasteiger partial charge is 0.0949 e. The van der Waals surface area contributed by atoms with Gasteiger partial charge >= 0.3 is 0 Å². The van der Waals surface area contributed by atoms with Gasteiger partial charge in [-0.15, -0.1) is 0 Å². The number of imidazole rings is 1. The molecule has 2 unspecified atom stereocenters. The van der Waals surface area contributed by atoms with Gasteiger partial charge in [0, 0.05) is 12.4 Å². The van der Waals surface area contributed by atoms with Crippen LogP contribution in [0.4, 0.5) is 0 Å². The van der Waals surface area contributed by atoms with E-state index in [9.17, 15) is 0 Å². The van der Waals surface area contributed by atoms with E-state index in [1.807, 2.05) is 12.5 Å². The summed E-state index contributed by atoms with van der Waals surface area (Å²) in [7, 11) is 0. The van der Waals surface area contributed by atoms with Gasteiger partial charge in [-0.05, 0) is 24.1 Å². The second-order valence-electron chi connectivity index (χ2n) is 4.52. The second-order valence-corrected chi connectivity index (χ2v) is 4.52. The molecule has 3 heteroatoms. The quantitative estimate of drug-likeness (QED) is 0.872. The minimum atomic E-state index is 0.408. The Morgan fingerprint density at radius 3 is 3.06 bits per heavy atom. The van der Waals surface area contributed by atoms with Crippen LogP contribution < -0.4 is 5.32 Å². The maximum Gasteiger partial charge on any atom is 0.0949 e. The van der Waals surface area contributed by atoms with Crippen molar-refractivity contribution in [2.45, 2.75) is 25.4 Å². The van der Waals surface area contributed by atoms with Crippen LogP contribution in [0, 0.1) is 0 Å². The summed E-state index contributed by atoms with van der Waals surface area (Å²) < 4.78 is 2.22. The second kappa shape index (κ2) is 4.34. The summed E-state index contributed by atoms with van der Waals surface area (Å²) in [6, 6.07) is 9.58. The summed E-state index contributed by atoms with van der Waals surface area (Å²) >= 11 is 0. The molecule has 1 N–H and O–H groups in total. The van der Waals surface area contributed by atoms with Crippen LogP contribution in [0.15, 0.2) is 43.0 Å². The summed E-state index contributed by atoms with van der Waals surface area (Å²) in [5, 5.41) is 3.59. The van der Waals surface area contributed by atoms with Crippen molar-refractivity contribution in [3.8, 4) is 0 Å². The first-order valence-corrected chi connectivity index (χ1v) is 6.18. The number of hydrogen-bond acceptors (Lipinski definition) is 2. The van der Waals surface area contributed by atoms with Crippen LogP contribution in [0.2, 0.25) is 0 Å². The predicted molar refractivity (Wildman–Crippen MR) is 67.8 cm³/mol. The minimum absolute atomic E-state index is 0.408. The molecule has 1 heterocycles. The minimum Gasteiger partial charge on any atom is -0.332 e. The number of fused-ring (bicyclic) bond motifs is 1. The molecule has 17 heavy (non-hydrogen) atoms. The van der Waals surface area contributed by atoms with Crippen molar-refractivity contribution in [1.29, 1.82) is 0 Å². The lowest BCUT2D eigenvalue weighted by atomic mass is 10.1. The molecular formula is C14H17N3. The Bertz CT molecular complexity index is 490. The normalized spacial score (nSPS) is 22.6. The number of aromatic nitrogens is 2. The highest BCUT2D eigenvalue weighted by Crippen LogP contribution is 2.38. The molecule has 1 aliphatic carbocycles. The van der Waals surface area contributed by atoms with E-state index in [0.717, 1.165) is 13.0 Å². The fourth-order valence-electron chi connectivity index (χ4n) is 2.78. The third-order valence-electron chi connectivity index (χ3n) is 3.54. The zero-order chi connectivity index (χ0) is 11.7. The van der Waals surface area contributed by atoms with Crippen LogP contribution in [0.5, 0.6) is 0 Å². The topological polar surface area (TPSA) is 29.9 Å². The van der Waals surface area contributed by atoms with Gasteiger partial charge in [0.2, 0.25) is 0 Å². The van der Waals surface area contributed by atoms with Gasteiger partial charge in [0.1, 0.15) is 0 Å². The molecule has 0 saturated heterocycles. The van der Waals surface area contributed by atoms with E-state index in [1.54, 1.807) is 0 Å². The van der Waals surface area contributed by atoms with Crippen molar-refractivity contribution in [3.63, 3.8) is 0 Å². The lowest BCUT2D eigenvalue weighted by molar-refractivity contribution is 0.387. The molecule has 88 valence electrons. The lowest BCUT2D eigenvalue weighted by Crippen LogP contribution is -2.26. The maximum atomic E-state index is 4.16. The van der Waals surface area contributed by atoms with Crippen molar-refractivity contribution >= 4 is 0 Å². The van der Waals surface area contributed by atoms with Crippen molar-refractivity contribution in [3.05, 3.63) is 54.1 Å². The van der Waals surface area contributed by atoms with E-state index in [2.05, 4.69) is 52.3 Å². The Labute approximate surface area is 101 Å². The van der Waals surface area contributed by atoms with Crippen LogP contribution in [-0.4, -0.2) is 16.1 Å². The van der Waals surface area contributed by atoms with Crippen LogP contribution >= 0.6 is 0 Å². The molecule has 0 bridgehead atoms. The average molecular weight is 227 g/mol. The van der Waals surface area contributed by atoms with Crippen LogP contribution in [0.1, 0.15) is 30.1 Å². The van der Waals surface area contributed by atoms with Gasteiger partial charge in [0.05, 0.1) is 18.4 Å². The molecule has 1 aromatic heterocycles. The molecular weight excluding hydrogens is 210 g/mol. The van der Waals surface area contributed by atoms with E-state index in [0.29, 0.717) is 12.1 Å². The lowest BCUT2D eigenvalue weighted by Gasteiger charge is -2.22. The van der Waals surface area contributed by atoms with E-state index in [-0.39, 0.29) is 0 Å². The Hall–Kier alpha value is -1.61. The Morgan fingerprint density at radius 2 is 2.29 bits per heavy atom. The standard InChI is InChI=1S/C14H17N3/c1-2-16-14-12-6-4-3-5-11(12)9-13(14)17-8-7-15-10-17/h3-8,10,13-14,16H,2,9H2,1H3. The summed E-state index contributed by atoms with van der Waals surface area (Å²) in [6.45, 7) is 3.15. The molecule has 0 aliphatic heterocycles. The molecule has 3 nitrogen and oxygen atoms in total. The Morgan fingerprint density at radius 1 is 1.41 bits per heavy atom. The number of benzene rings is 1. The molecule has 0 radical (unpaired) electrons. The molecule has 0 fully saturated rings. The highest BCUT2D eigenvalue weighted by atomic mass is 15.1. The van der Waals surface area contributed by atoms with Gasteiger partial charge in [-0.1, -0.05) is 31.2 Å². The summed E-state index contributed by atoms with van der Waals surface area (Å²) in [6.07, 6.45) is 6.91. The fourth-order valence-corrected chi connectivity index (χ4v) is 2.78. The number of rotatable bonds is 3. The molecule has 2 atom stereocenters. The highest BCUT2D eigenvalue weighted by molar-refractivity contribution is 5.36. The van der Waals surface area contributed by atoms with Gasteiger partial charge in [0.25, 0.3) is 0 Å². The Balaban J connectivity index is 1.98. The molecule has 0 amide bonds. The van der Waals surface area contributed by atoms with Crippen molar-refractivity contribution in [2.24, 2.45) is 0 Å². The van der Waals surface area contributed by atoms with Crippen LogP contribution in [0.3, 0.4) is 0 Å². The third kappa shape index (κ3) is 1.76. The van der Waals surface area contributed by atoms with E-state index in [1.165, 1.54) is 11.1 Å². The molecule has 3 rings (SSSR count). The number of nitrogens with one attached hydrogen (secondary N) is 1. The summed E-state index contributed by atoms with van der Waals surface area (Å²) in [4.78, 5) is 4.16. The zero-order valence-electron chi connectivity index (χ0n) is 10.0. The summed E-state index contributed by atoms with van der Waals surface area (Å²) in [5.74, 6) is 0. The monoisotopic (exact) mass is 227 g/mol. The Kier molecular flexibility index (Phi) is 2.69. The first kappa shape index (κ1) is 10.5. The van der Waals surface area contributed by atoms with Gasteiger partial charge < -0.3 is 9.88 Å². The van der Waals surface area contributed by atoms with Gasteiger partial charge in [0.15, 0.2) is 0 Å². The molecule has 1 aliphatic rings. The largest absolute Gasteiger partial charge is 0.332 e. The average Bonchev–Trinajstić information content (AvgIpc) is 2.97. The fraction of sp³-hybridized carbons (Fsp3) is 0.357. The van der Waals surface area contributed by atoms with E-state index in [4.69, 9.17) is 0 Å². The number of hydrogen-bond donors (Lipinski definition) is 1. The highest BCUT2D eigenvalue weighted by Gasteiger charge is 2.32. The number of likely N-dealkylation sites (N-methyl/N-ethyl adjacent to an activating group) is 1. The van der Waals surface area contributed by atoms with Crippen molar-refractivity contribution in [1.82, 2.24) is 14.9 Å². The zero-order valence-corrected chi connectivity index (χ0v) is 10.0. The van der Waals surface area contributed by atoms with Crippen LogP contribution in [-0.2, 0) is 6.42 Å². The number of nitrogens with zero attached hydrogens (tertiary/aromatic N) is 2. The maximum absolute atomic E-state index is 4.16. The third-order valence-corrected chi connectivity index (χ3v) is 3.54. The van der Waals surface area contributed by atoms with Crippen molar-refractivity contribution in [2.75, 3.05) is 6.54 Å². The van der Waals surface area contributed by atoms with Crippen LogP contribution in [0.25, 0.3) is 0 Å².